The van der Waals surface area contributed by atoms with Gasteiger partial charge in [-0.1, -0.05) is 334 Å². The molecule has 0 aromatic heterocycles. The molecule has 75 heavy (non-hydrogen) atoms. The highest BCUT2D eigenvalue weighted by molar-refractivity contribution is 5.76. The van der Waals surface area contributed by atoms with Crippen molar-refractivity contribution in [3.8, 4) is 0 Å². The lowest BCUT2D eigenvalue weighted by Crippen LogP contribution is -2.45. The molecule has 6 heteroatoms. The zero-order valence-electron chi connectivity index (χ0n) is 50.8. The van der Waals surface area contributed by atoms with Gasteiger partial charge in [-0.25, -0.2) is 0 Å². The fourth-order valence-corrected chi connectivity index (χ4v) is 10.7. The molecule has 0 spiro atoms. The summed E-state index contributed by atoms with van der Waals surface area (Å²) in [4.78, 5) is 24.6. The largest absolute Gasteiger partial charge is 0.466 e. The minimum Gasteiger partial charge on any atom is -0.466 e. The van der Waals surface area contributed by atoms with Gasteiger partial charge in [0.05, 0.1) is 25.4 Å². The lowest BCUT2D eigenvalue weighted by molar-refractivity contribution is -0.143. The molecule has 444 valence electrons. The van der Waals surface area contributed by atoms with Crippen LogP contribution in [0.4, 0.5) is 0 Å². The number of aliphatic hydroxyl groups is 2. The molecule has 0 bridgehead atoms. The average molecular weight is 1060 g/mol. The first-order chi connectivity index (χ1) is 37.0. The Morgan fingerprint density at radius 1 is 0.360 bits per heavy atom. The number of esters is 1. The normalized spacial score (nSPS) is 12.6. The van der Waals surface area contributed by atoms with Crippen molar-refractivity contribution in [3.63, 3.8) is 0 Å². The van der Waals surface area contributed by atoms with Crippen LogP contribution in [0.25, 0.3) is 0 Å². The van der Waals surface area contributed by atoms with Gasteiger partial charge in [-0.05, 0) is 57.8 Å². The topological polar surface area (TPSA) is 95.9 Å². The molecule has 0 aliphatic rings. The zero-order valence-corrected chi connectivity index (χ0v) is 50.8. The van der Waals surface area contributed by atoms with Crippen molar-refractivity contribution in [3.05, 3.63) is 24.3 Å². The molecular weight excluding hydrogens is 923 g/mol. The van der Waals surface area contributed by atoms with Crippen molar-refractivity contribution >= 4 is 11.9 Å². The Balaban J connectivity index is 3.44. The summed E-state index contributed by atoms with van der Waals surface area (Å²) in [7, 11) is 0. The molecule has 0 aromatic carbocycles. The van der Waals surface area contributed by atoms with Gasteiger partial charge in [0.1, 0.15) is 0 Å². The Morgan fingerprint density at radius 3 is 0.947 bits per heavy atom. The smallest absolute Gasteiger partial charge is 0.305 e. The predicted octanol–water partition coefficient (Wildman–Crippen LogP) is 21.8. The quantitative estimate of drug-likeness (QED) is 0.0320. The molecule has 0 radical (unpaired) electrons. The van der Waals surface area contributed by atoms with Crippen LogP contribution < -0.4 is 5.32 Å². The lowest BCUT2D eigenvalue weighted by atomic mass is 10.0. The highest BCUT2D eigenvalue weighted by Crippen LogP contribution is 2.18. The fraction of sp³-hybridized carbons (Fsp3) is 0.913. The van der Waals surface area contributed by atoms with Gasteiger partial charge in [0.25, 0.3) is 0 Å². The number of rotatable bonds is 64. The van der Waals surface area contributed by atoms with E-state index in [2.05, 4.69) is 31.3 Å². The summed E-state index contributed by atoms with van der Waals surface area (Å²) < 4.78 is 5.49. The van der Waals surface area contributed by atoms with Gasteiger partial charge in [-0.2, -0.15) is 0 Å². The molecule has 0 fully saturated rings. The van der Waals surface area contributed by atoms with E-state index in [0.717, 1.165) is 44.9 Å². The maximum absolute atomic E-state index is 12.5. The summed E-state index contributed by atoms with van der Waals surface area (Å²) in [5.74, 6) is -0.0629. The van der Waals surface area contributed by atoms with E-state index in [0.29, 0.717) is 19.4 Å². The third-order valence-electron chi connectivity index (χ3n) is 16.0. The molecule has 2 unspecified atom stereocenters. The Morgan fingerprint density at radius 2 is 0.627 bits per heavy atom. The minimum absolute atomic E-state index is 0.00981. The number of hydrogen-bond donors (Lipinski definition) is 3. The Kier molecular flexibility index (Phi) is 63.4. The van der Waals surface area contributed by atoms with Crippen molar-refractivity contribution in [1.29, 1.82) is 0 Å². The molecule has 3 N–H and O–H groups in total. The summed E-state index contributed by atoms with van der Waals surface area (Å²) >= 11 is 0. The molecule has 0 aliphatic carbocycles. The van der Waals surface area contributed by atoms with Crippen LogP contribution in [-0.4, -0.2) is 47.4 Å². The molecule has 0 aliphatic heterocycles. The molecule has 0 aromatic rings. The van der Waals surface area contributed by atoms with Crippen molar-refractivity contribution in [2.24, 2.45) is 0 Å². The van der Waals surface area contributed by atoms with Gasteiger partial charge in [-0.3, -0.25) is 9.59 Å². The number of hydrogen-bond acceptors (Lipinski definition) is 5. The van der Waals surface area contributed by atoms with E-state index in [1.165, 1.54) is 308 Å². The second-order valence-corrected chi connectivity index (χ2v) is 23.5. The molecule has 0 heterocycles. The van der Waals surface area contributed by atoms with Crippen LogP contribution in [0.5, 0.6) is 0 Å². The number of nitrogens with one attached hydrogen (secondary N) is 1. The van der Waals surface area contributed by atoms with Crippen LogP contribution in [0.1, 0.15) is 380 Å². The van der Waals surface area contributed by atoms with Gasteiger partial charge in [0.15, 0.2) is 0 Å². The summed E-state index contributed by atoms with van der Waals surface area (Å²) in [6.45, 7) is 4.93. The Hall–Kier alpha value is -1.66. The standard InChI is InChI=1S/C69H133NO5/c1-3-5-7-9-11-13-15-17-19-21-22-23-24-27-30-33-37-41-45-49-53-57-61-67(72)66(65-71)70-68(73)62-58-54-50-46-42-38-34-31-28-25-26-29-32-36-40-44-48-52-56-60-64-75-69(74)63-59-55-51-47-43-39-35-20-18-16-14-12-10-8-6-4-2/h25,28,57,61,66-67,71-72H,3-24,26-27,29-56,58-60,62-65H2,1-2H3,(H,70,73)/b28-25-,61-57+. The van der Waals surface area contributed by atoms with E-state index in [9.17, 15) is 19.8 Å². The van der Waals surface area contributed by atoms with Gasteiger partial charge in [0, 0.05) is 12.8 Å². The van der Waals surface area contributed by atoms with Gasteiger partial charge in [-0.15, -0.1) is 0 Å². The van der Waals surface area contributed by atoms with Gasteiger partial charge in [0.2, 0.25) is 5.91 Å². The molecule has 0 saturated heterocycles. The monoisotopic (exact) mass is 1060 g/mol. The number of carbonyl (C=O) groups excluding carboxylic acids is 2. The second-order valence-electron chi connectivity index (χ2n) is 23.5. The summed E-state index contributed by atoms with van der Waals surface area (Å²) in [5.41, 5.74) is 0. The van der Waals surface area contributed by atoms with E-state index in [4.69, 9.17) is 4.74 Å². The van der Waals surface area contributed by atoms with Gasteiger partial charge < -0.3 is 20.3 Å². The van der Waals surface area contributed by atoms with E-state index in [1.54, 1.807) is 6.08 Å². The molecule has 6 nitrogen and oxygen atoms in total. The number of allylic oxidation sites excluding steroid dienone is 3. The van der Waals surface area contributed by atoms with Crippen molar-refractivity contribution in [2.75, 3.05) is 13.2 Å². The second kappa shape index (κ2) is 64.9. The fourth-order valence-electron chi connectivity index (χ4n) is 10.7. The average Bonchev–Trinajstić information content (AvgIpc) is 3.41. The first-order valence-electron chi connectivity index (χ1n) is 34.1. The lowest BCUT2D eigenvalue weighted by Gasteiger charge is -2.20. The summed E-state index contributed by atoms with van der Waals surface area (Å²) in [6, 6.07) is -0.635. The van der Waals surface area contributed by atoms with E-state index < -0.39 is 12.1 Å². The number of amides is 1. The van der Waals surface area contributed by atoms with Gasteiger partial charge >= 0.3 is 5.97 Å². The first-order valence-corrected chi connectivity index (χ1v) is 34.1. The van der Waals surface area contributed by atoms with Crippen molar-refractivity contribution in [2.45, 2.75) is 392 Å². The van der Waals surface area contributed by atoms with Crippen molar-refractivity contribution < 1.29 is 24.5 Å². The molecule has 2 atom stereocenters. The highest BCUT2D eigenvalue weighted by Gasteiger charge is 2.18. The Bertz CT molecular complexity index is 1170. The summed E-state index contributed by atoms with van der Waals surface area (Å²) in [6.07, 6.45) is 80.9. The molecule has 1 amide bonds. The number of aliphatic hydroxyl groups excluding tert-OH is 2. The number of ether oxygens (including phenoxy) is 1. The van der Waals surface area contributed by atoms with Crippen LogP contribution in [-0.2, 0) is 14.3 Å². The van der Waals surface area contributed by atoms with E-state index in [-0.39, 0.29) is 18.5 Å². The zero-order chi connectivity index (χ0) is 54.3. The van der Waals surface area contributed by atoms with Crippen LogP contribution in [0.15, 0.2) is 24.3 Å². The molecule has 0 saturated carbocycles. The third-order valence-corrected chi connectivity index (χ3v) is 16.0. The highest BCUT2D eigenvalue weighted by atomic mass is 16.5. The van der Waals surface area contributed by atoms with E-state index in [1.807, 2.05) is 6.08 Å². The van der Waals surface area contributed by atoms with Crippen LogP contribution in [0.3, 0.4) is 0 Å². The predicted molar refractivity (Wildman–Crippen MR) is 329 cm³/mol. The third kappa shape index (κ3) is 61.4. The van der Waals surface area contributed by atoms with E-state index >= 15 is 0 Å². The maximum atomic E-state index is 12.5. The maximum Gasteiger partial charge on any atom is 0.305 e. The number of unbranched alkanes of at least 4 members (excludes halogenated alkanes) is 51. The SMILES string of the molecule is CCCCCCCCCCCCCCCCCCCCCC/C=C/C(O)C(CO)NC(=O)CCCCCCCCC/C=C\CCCCCCCCCCCOC(=O)CCCCCCCCCCCCCCCCCC. The summed E-state index contributed by atoms with van der Waals surface area (Å²) in [5, 5.41) is 23.2. The minimum atomic E-state index is -0.851. The van der Waals surface area contributed by atoms with Crippen molar-refractivity contribution in [1.82, 2.24) is 5.32 Å². The van der Waals surface area contributed by atoms with Crippen LogP contribution in [0, 0.1) is 0 Å². The molecule has 0 rings (SSSR count). The Labute approximate surface area is 469 Å². The number of carbonyl (C=O) groups is 2. The van der Waals surface area contributed by atoms with Crippen LogP contribution in [0.2, 0.25) is 0 Å². The van der Waals surface area contributed by atoms with Crippen LogP contribution >= 0.6 is 0 Å². The molecular formula is C69H133NO5. The first kappa shape index (κ1) is 73.3.